The van der Waals surface area contributed by atoms with Gasteiger partial charge in [0.15, 0.2) is 0 Å². The summed E-state index contributed by atoms with van der Waals surface area (Å²) in [5.74, 6) is 0. The molecule has 0 spiro atoms. The number of unbranched alkanes of at least 4 members (excludes halogenated alkanes) is 1. The Morgan fingerprint density at radius 3 is 2.35 bits per heavy atom. The molecule has 0 saturated heterocycles. The standard InChI is InChI=1S/C29H27N3O2/c1-3-4-14-27-26(28(33)32(29(31-27)34-2)24-11-6-5-7-12-24)19-21-15-17-22(18-16-21)25-13-9-8-10-23(25)20-30/h5-13,15-18H,3-4,14,19H2,1-2H3. The second kappa shape index (κ2) is 10.6. The number of benzene rings is 3. The quantitative estimate of drug-likeness (QED) is 0.345. The normalized spacial score (nSPS) is 10.6. The lowest BCUT2D eigenvalue weighted by molar-refractivity contribution is 0.362. The van der Waals surface area contributed by atoms with Crippen molar-refractivity contribution in [3.8, 4) is 28.9 Å². The fourth-order valence-corrected chi connectivity index (χ4v) is 4.09. The minimum atomic E-state index is -0.108. The zero-order valence-corrected chi connectivity index (χ0v) is 19.5. The number of aryl methyl sites for hydroxylation is 1. The third-order valence-corrected chi connectivity index (χ3v) is 5.89. The predicted molar refractivity (Wildman–Crippen MR) is 134 cm³/mol. The molecule has 5 heteroatoms. The summed E-state index contributed by atoms with van der Waals surface area (Å²) in [5, 5.41) is 9.42. The van der Waals surface area contributed by atoms with E-state index in [1.165, 1.54) is 0 Å². The van der Waals surface area contributed by atoms with Crippen LogP contribution in [0.15, 0.2) is 83.7 Å². The molecule has 4 rings (SSSR count). The second-order valence-corrected chi connectivity index (χ2v) is 8.13. The molecule has 0 aliphatic heterocycles. The van der Waals surface area contributed by atoms with E-state index in [9.17, 15) is 10.1 Å². The van der Waals surface area contributed by atoms with Crippen molar-refractivity contribution >= 4 is 0 Å². The molecule has 1 heterocycles. The average Bonchev–Trinajstić information content (AvgIpc) is 2.89. The SMILES string of the molecule is CCCCc1nc(OC)n(-c2ccccc2)c(=O)c1Cc1ccc(-c2ccccc2C#N)cc1. The van der Waals surface area contributed by atoms with Gasteiger partial charge in [0.1, 0.15) is 0 Å². The lowest BCUT2D eigenvalue weighted by Crippen LogP contribution is -2.27. The molecule has 0 aliphatic rings. The summed E-state index contributed by atoms with van der Waals surface area (Å²) in [6.07, 6.45) is 3.16. The zero-order valence-electron chi connectivity index (χ0n) is 19.5. The van der Waals surface area contributed by atoms with E-state index in [1.807, 2.05) is 78.9 Å². The number of aromatic nitrogens is 2. The van der Waals surface area contributed by atoms with Crippen molar-refractivity contribution in [3.05, 3.63) is 112 Å². The Morgan fingerprint density at radius 2 is 1.68 bits per heavy atom. The van der Waals surface area contributed by atoms with Crippen LogP contribution in [0.5, 0.6) is 6.01 Å². The molecule has 4 aromatic rings. The first-order valence-electron chi connectivity index (χ1n) is 11.5. The van der Waals surface area contributed by atoms with Gasteiger partial charge in [0.2, 0.25) is 0 Å². The smallest absolute Gasteiger partial charge is 0.303 e. The maximum atomic E-state index is 13.7. The van der Waals surface area contributed by atoms with E-state index in [-0.39, 0.29) is 5.56 Å². The van der Waals surface area contributed by atoms with Crippen LogP contribution in [-0.2, 0) is 12.8 Å². The minimum absolute atomic E-state index is 0.108. The van der Waals surface area contributed by atoms with Gasteiger partial charge in [-0.05, 0) is 47.7 Å². The number of rotatable bonds is 8. The summed E-state index contributed by atoms with van der Waals surface area (Å²) >= 11 is 0. The van der Waals surface area contributed by atoms with Gasteiger partial charge in [-0.2, -0.15) is 5.26 Å². The first-order chi connectivity index (χ1) is 16.7. The van der Waals surface area contributed by atoms with E-state index in [0.717, 1.165) is 47.3 Å². The molecule has 0 saturated carbocycles. The second-order valence-electron chi connectivity index (χ2n) is 8.13. The lowest BCUT2D eigenvalue weighted by Gasteiger charge is -2.16. The van der Waals surface area contributed by atoms with Gasteiger partial charge in [-0.25, -0.2) is 9.55 Å². The van der Waals surface area contributed by atoms with E-state index in [2.05, 4.69) is 13.0 Å². The van der Waals surface area contributed by atoms with Gasteiger partial charge in [0.25, 0.3) is 5.56 Å². The summed E-state index contributed by atoms with van der Waals surface area (Å²) in [7, 11) is 1.54. The average molecular weight is 450 g/mol. The van der Waals surface area contributed by atoms with Crippen LogP contribution >= 0.6 is 0 Å². The molecule has 0 atom stereocenters. The van der Waals surface area contributed by atoms with Crippen molar-refractivity contribution < 1.29 is 4.74 Å². The zero-order chi connectivity index (χ0) is 23.9. The molecule has 0 unspecified atom stereocenters. The van der Waals surface area contributed by atoms with Crippen LogP contribution < -0.4 is 10.3 Å². The number of para-hydroxylation sites is 1. The number of ether oxygens (including phenoxy) is 1. The van der Waals surface area contributed by atoms with E-state index in [1.54, 1.807) is 11.7 Å². The molecule has 0 N–H and O–H groups in total. The van der Waals surface area contributed by atoms with Gasteiger partial charge in [-0.1, -0.05) is 74.0 Å². The summed E-state index contributed by atoms with van der Waals surface area (Å²) in [4.78, 5) is 18.5. The number of hydrogen-bond donors (Lipinski definition) is 0. The Morgan fingerprint density at radius 1 is 0.971 bits per heavy atom. The van der Waals surface area contributed by atoms with Crippen LogP contribution in [0.25, 0.3) is 16.8 Å². The van der Waals surface area contributed by atoms with Crippen LogP contribution in [0.2, 0.25) is 0 Å². The predicted octanol–water partition coefficient (Wildman–Crippen LogP) is 5.71. The van der Waals surface area contributed by atoms with E-state index < -0.39 is 0 Å². The van der Waals surface area contributed by atoms with Crippen molar-refractivity contribution in [2.75, 3.05) is 7.11 Å². The molecule has 34 heavy (non-hydrogen) atoms. The van der Waals surface area contributed by atoms with E-state index >= 15 is 0 Å². The first kappa shape index (κ1) is 23.0. The molecule has 0 aliphatic carbocycles. The number of nitriles is 1. The fraction of sp³-hybridized carbons (Fsp3) is 0.207. The van der Waals surface area contributed by atoms with Crippen LogP contribution in [0.1, 0.15) is 42.1 Å². The van der Waals surface area contributed by atoms with Crippen molar-refractivity contribution in [2.45, 2.75) is 32.6 Å². The largest absolute Gasteiger partial charge is 0.468 e. The highest BCUT2D eigenvalue weighted by molar-refractivity contribution is 5.70. The maximum Gasteiger partial charge on any atom is 0.303 e. The number of hydrogen-bond acceptors (Lipinski definition) is 4. The summed E-state index contributed by atoms with van der Waals surface area (Å²) in [6, 6.07) is 27.6. The summed E-state index contributed by atoms with van der Waals surface area (Å²) < 4.78 is 7.06. The highest BCUT2D eigenvalue weighted by atomic mass is 16.5. The monoisotopic (exact) mass is 449 g/mol. The molecular formula is C29H27N3O2. The molecule has 5 nitrogen and oxygen atoms in total. The summed E-state index contributed by atoms with van der Waals surface area (Å²) in [6.45, 7) is 2.12. The van der Waals surface area contributed by atoms with Gasteiger partial charge in [-0.15, -0.1) is 0 Å². The van der Waals surface area contributed by atoms with Crippen molar-refractivity contribution in [1.82, 2.24) is 9.55 Å². The van der Waals surface area contributed by atoms with Crippen molar-refractivity contribution in [1.29, 1.82) is 5.26 Å². The van der Waals surface area contributed by atoms with E-state index in [0.29, 0.717) is 23.6 Å². The molecule has 0 bridgehead atoms. The molecule has 0 fully saturated rings. The number of methoxy groups -OCH3 is 1. The lowest BCUT2D eigenvalue weighted by atomic mass is 9.97. The molecule has 0 radical (unpaired) electrons. The molecule has 3 aromatic carbocycles. The Bertz CT molecular complexity index is 1370. The maximum absolute atomic E-state index is 13.7. The van der Waals surface area contributed by atoms with Crippen LogP contribution in [0.4, 0.5) is 0 Å². The highest BCUT2D eigenvalue weighted by Gasteiger charge is 2.18. The summed E-state index contributed by atoms with van der Waals surface area (Å²) in [5.41, 5.74) is 5.62. The first-order valence-corrected chi connectivity index (χ1v) is 11.5. The van der Waals surface area contributed by atoms with E-state index in [4.69, 9.17) is 9.72 Å². The molecule has 0 amide bonds. The van der Waals surface area contributed by atoms with Gasteiger partial charge in [0, 0.05) is 12.0 Å². The van der Waals surface area contributed by atoms with Gasteiger partial charge in [-0.3, -0.25) is 4.79 Å². The van der Waals surface area contributed by atoms with Crippen molar-refractivity contribution in [2.24, 2.45) is 0 Å². The van der Waals surface area contributed by atoms with Crippen LogP contribution in [-0.4, -0.2) is 16.7 Å². The molecular weight excluding hydrogens is 422 g/mol. The van der Waals surface area contributed by atoms with Crippen LogP contribution in [0, 0.1) is 11.3 Å². The Hall–Kier alpha value is -4.17. The van der Waals surface area contributed by atoms with Gasteiger partial charge < -0.3 is 4.74 Å². The minimum Gasteiger partial charge on any atom is -0.468 e. The third-order valence-electron chi connectivity index (χ3n) is 5.89. The Balaban J connectivity index is 1.76. The Labute approximate surface area is 199 Å². The third kappa shape index (κ3) is 4.77. The topological polar surface area (TPSA) is 67.9 Å². The fourth-order valence-electron chi connectivity index (χ4n) is 4.09. The van der Waals surface area contributed by atoms with Gasteiger partial charge in [0.05, 0.1) is 30.1 Å². The van der Waals surface area contributed by atoms with Crippen molar-refractivity contribution in [3.63, 3.8) is 0 Å². The Kier molecular flexibility index (Phi) is 7.19. The number of nitrogens with zero attached hydrogens (tertiary/aromatic N) is 3. The molecule has 1 aromatic heterocycles. The van der Waals surface area contributed by atoms with Crippen LogP contribution in [0.3, 0.4) is 0 Å². The van der Waals surface area contributed by atoms with Gasteiger partial charge >= 0.3 is 6.01 Å². The highest BCUT2D eigenvalue weighted by Crippen LogP contribution is 2.25. The molecule has 170 valence electrons.